The molecule has 5 nitrogen and oxygen atoms in total. The molecule has 0 bridgehead atoms. The van der Waals surface area contributed by atoms with E-state index in [0.717, 1.165) is 57.0 Å². The van der Waals surface area contributed by atoms with Gasteiger partial charge in [-0.05, 0) is 143 Å². The van der Waals surface area contributed by atoms with Gasteiger partial charge in [-0.1, -0.05) is 48.5 Å². The zero-order chi connectivity index (χ0) is 35.4. The first kappa shape index (κ1) is 32.4. The summed E-state index contributed by atoms with van der Waals surface area (Å²) >= 11 is 3.49. The molecule has 0 aliphatic carbocycles. The number of anilines is 6. The molecule has 0 atom stereocenters. The van der Waals surface area contributed by atoms with E-state index in [2.05, 4.69) is 152 Å². The van der Waals surface area contributed by atoms with E-state index in [1.807, 2.05) is 60.9 Å². The van der Waals surface area contributed by atoms with Crippen molar-refractivity contribution in [3.8, 4) is 43.5 Å². The Morgan fingerprint density at radius 1 is 0.358 bits per heavy atom. The monoisotopic (exact) mass is 720 g/mol. The Labute approximate surface area is 316 Å². The Morgan fingerprint density at radius 3 is 1.06 bits per heavy atom. The van der Waals surface area contributed by atoms with Crippen LogP contribution in [-0.2, 0) is 0 Å². The highest BCUT2D eigenvalue weighted by Crippen LogP contribution is 2.39. The van der Waals surface area contributed by atoms with Crippen molar-refractivity contribution < 1.29 is 4.42 Å². The van der Waals surface area contributed by atoms with E-state index in [9.17, 15) is 0 Å². The number of hydrogen-bond acceptors (Lipinski definition) is 7. The molecule has 0 aliphatic rings. The van der Waals surface area contributed by atoms with Crippen molar-refractivity contribution in [2.45, 2.75) is 0 Å². The van der Waals surface area contributed by atoms with E-state index < -0.39 is 0 Å². The summed E-state index contributed by atoms with van der Waals surface area (Å²) in [6.07, 6.45) is 3.65. The fourth-order valence-electron chi connectivity index (χ4n) is 6.43. The first-order valence-corrected chi connectivity index (χ1v) is 19.0. The number of thiophene rings is 2. The molecule has 0 N–H and O–H groups in total. The number of nitrogens with zero attached hydrogens (tertiary/aromatic N) is 4. The van der Waals surface area contributed by atoms with Crippen molar-refractivity contribution in [3.05, 3.63) is 193 Å². The summed E-state index contributed by atoms with van der Waals surface area (Å²) < 4.78 is 6.44. The fourth-order valence-corrected chi connectivity index (χ4v) is 7.90. The minimum atomic E-state index is 0.807. The highest BCUT2D eigenvalue weighted by Gasteiger charge is 2.17. The number of hydrogen-bond donors (Lipinski definition) is 0. The lowest BCUT2D eigenvalue weighted by Crippen LogP contribution is -2.11. The van der Waals surface area contributed by atoms with Crippen molar-refractivity contribution >= 4 is 57.1 Å². The zero-order valence-corrected chi connectivity index (χ0v) is 30.1. The molecule has 9 rings (SSSR count). The summed E-state index contributed by atoms with van der Waals surface area (Å²) in [4.78, 5) is 16.2. The van der Waals surface area contributed by atoms with Crippen LogP contribution in [0.4, 0.5) is 34.4 Å². The molecule has 53 heavy (non-hydrogen) atoms. The third-order valence-electron chi connectivity index (χ3n) is 9.05. The van der Waals surface area contributed by atoms with Gasteiger partial charge in [-0.3, -0.25) is 9.80 Å². The number of rotatable bonds is 10. The molecule has 0 radical (unpaired) electrons. The van der Waals surface area contributed by atoms with Crippen LogP contribution in [0.25, 0.3) is 43.5 Å². The highest BCUT2D eigenvalue weighted by atomic mass is 32.1. The van der Waals surface area contributed by atoms with Crippen LogP contribution < -0.4 is 9.80 Å². The van der Waals surface area contributed by atoms with E-state index in [1.165, 1.54) is 20.9 Å². The predicted molar refractivity (Wildman–Crippen MR) is 221 cm³/mol. The van der Waals surface area contributed by atoms with Crippen molar-refractivity contribution in [1.29, 1.82) is 0 Å². The van der Waals surface area contributed by atoms with Gasteiger partial charge in [-0.2, -0.15) is 0 Å². The van der Waals surface area contributed by atoms with E-state index in [0.29, 0.717) is 0 Å². The van der Waals surface area contributed by atoms with Crippen LogP contribution in [0, 0.1) is 0 Å². The Hall–Kier alpha value is -6.54. The highest BCUT2D eigenvalue weighted by molar-refractivity contribution is 7.13. The van der Waals surface area contributed by atoms with Gasteiger partial charge in [0.05, 0.1) is 0 Å². The fraction of sp³-hybridized carbons (Fsp3) is 0. The van der Waals surface area contributed by atoms with Crippen molar-refractivity contribution in [3.63, 3.8) is 0 Å². The van der Waals surface area contributed by atoms with E-state index in [-0.39, 0.29) is 0 Å². The maximum atomic E-state index is 6.44. The summed E-state index contributed by atoms with van der Waals surface area (Å²) in [7, 11) is 0. The lowest BCUT2D eigenvalue weighted by molar-refractivity contribution is 0.597. The third kappa shape index (κ3) is 6.79. The van der Waals surface area contributed by atoms with Gasteiger partial charge >= 0.3 is 0 Å². The molecular formula is C46H32N4OS2. The van der Waals surface area contributed by atoms with Gasteiger partial charge in [0, 0.05) is 56.0 Å². The minimum absolute atomic E-state index is 0.807. The van der Waals surface area contributed by atoms with Gasteiger partial charge < -0.3 is 4.42 Å². The maximum Gasteiger partial charge on any atom is 0.137 e. The summed E-state index contributed by atoms with van der Waals surface area (Å²) in [6.45, 7) is 0. The summed E-state index contributed by atoms with van der Waals surface area (Å²) in [5.74, 6) is 3.32. The lowest BCUT2D eigenvalue weighted by Gasteiger charge is -2.24. The second kappa shape index (κ2) is 14.6. The van der Waals surface area contributed by atoms with Gasteiger partial charge in [0.25, 0.3) is 0 Å². The number of benzene rings is 4. The molecule has 9 aromatic rings. The topological polar surface area (TPSA) is 45.4 Å². The summed E-state index contributed by atoms with van der Waals surface area (Å²) in [5, 5.41) is 4.21. The Kier molecular flexibility index (Phi) is 8.92. The Balaban J connectivity index is 0.965. The standard InChI is InChI=1S/C46H32N4OS2/c1-3-29-47-45(9-1)49(39-23-15-35(16-24-39)43-7-5-31-52-43)37-19-11-33(12-20-37)41-27-28-42(51-41)34-13-21-38(22-14-34)50(46-10-2-4-30-48-46)40-25-17-36(18-26-40)44-8-6-32-53-44/h1-32H. The van der Waals surface area contributed by atoms with Gasteiger partial charge in [-0.25, -0.2) is 9.97 Å². The smallest absolute Gasteiger partial charge is 0.137 e. The van der Waals surface area contributed by atoms with Gasteiger partial charge in [0.1, 0.15) is 23.2 Å². The SMILES string of the molecule is c1ccc(N(c2ccc(-c3ccc(-c4ccc(N(c5ccc(-c6cccs6)cc5)c5ccccn5)cc4)o3)cc2)c2ccc(-c3cccs3)cc2)nc1. The largest absolute Gasteiger partial charge is 0.456 e. The van der Waals surface area contributed by atoms with E-state index in [1.54, 1.807) is 22.7 Å². The van der Waals surface area contributed by atoms with Crippen LogP contribution in [0.3, 0.4) is 0 Å². The van der Waals surface area contributed by atoms with E-state index in [4.69, 9.17) is 4.42 Å². The van der Waals surface area contributed by atoms with E-state index >= 15 is 0 Å². The normalized spacial score (nSPS) is 11.0. The molecule has 0 spiro atoms. The first-order chi connectivity index (χ1) is 26.3. The van der Waals surface area contributed by atoms with Gasteiger partial charge in [-0.15, -0.1) is 22.7 Å². The van der Waals surface area contributed by atoms with Crippen molar-refractivity contribution in [2.24, 2.45) is 0 Å². The molecule has 0 saturated heterocycles. The second-order valence-electron chi connectivity index (χ2n) is 12.4. The molecule has 254 valence electrons. The Bertz CT molecular complexity index is 2330. The molecule has 0 saturated carbocycles. The van der Waals surface area contributed by atoms with Crippen LogP contribution >= 0.6 is 22.7 Å². The molecule has 0 aliphatic heterocycles. The zero-order valence-electron chi connectivity index (χ0n) is 28.5. The minimum Gasteiger partial charge on any atom is -0.456 e. The number of aromatic nitrogens is 2. The first-order valence-electron chi connectivity index (χ1n) is 17.3. The lowest BCUT2D eigenvalue weighted by atomic mass is 10.1. The second-order valence-corrected chi connectivity index (χ2v) is 14.2. The summed E-state index contributed by atoms with van der Waals surface area (Å²) in [6, 6.07) is 58.7. The van der Waals surface area contributed by atoms with Gasteiger partial charge in [0.2, 0.25) is 0 Å². The number of furan rings is 1. The maximum absolute atomic E-state index is 6.44. The molecule has 4 aromatic carbocycles. The average molecular weight is 721 g/mol. The van der Waals surface area contributed by atoms with Crippen LogP contribution in [0.5, 0.6) is 0 Å². The third-order valence-corrected chi connectivity index (χ3v) is 10.9. The van der Waals surface area contributed by atoms with Crippen LogP contribution in [0.15, 0.2) is 197 Å². The number of pyridine rings is 2. The van der Waals surface area contributed by atoms with Crippen LogP contribution in [-0.4, -0.2) is 9.97 Å². The predicted octanol–water partition coefficient (Wildman–Crippen LogP) is 13.8. The van der Waals surface area contributed by atoms with Crippen molar-refractivity contribution in [1.82, 2.24) is 9.97 Å². The molecule has 5 aromatic heterocycles. The summed E-state index contributed by atoms with van der Waals surface area (Å²) in [5.41, 5.74) is 8.50. The molecule has 0 unspecified atom stereocenters. The van der Waals surface area contributed by atoms with Gasteiger partial charge in [0.15, 0.2) is 0 Å². The molecule has 0 fully saturated rings. The molecule has 5 heterocycles. The van der Waals surface area contributed by atoms with Crippen LogP contribution in [0.1, 0.15) is 0 Å². The average Bonchev–Trinajstić information content (AvgIpc) is 4.05. The molecular weight excluding hydrogens is 689 g/mol. The van der Waals surface area contributed by atoms with Crippen molar-refractivity contribution in [2.75, 3.05) is 9.80 Å². The quantitative estimate of drug-likeness (QED) is 0.141. The Morgan fingerprint density at radius 2 is 0.736 bits per heavy atom. The van der Waals surface area contributed by atoms with Crippen LogP contribution in [0.2, 0.25) is 0 Å². The molecule has 0 amide bonds. The molecule has 7 heteroatoms.